The molecule has 0 aliphatic rings. The summed E-state index contributed by atoms with van der Waals surface area (Å²) in [6.45, 7) is 4.88. The number of nitrogens with two attached hydrogens (primary N) is 1. The van der Waals surface area contributed by atoms with E-state index in [0.29, 0.717) is 12.5 Å². The predicted molar refractivity (Wildman–Crippen MR) is 58.6 cm³/mol. The van der Waals surface area contributed by atoms with Crippen LogP contribution in [0.2, 0.25) is 0 Å². The van der Waals surface area contributed by atoms with Crippen molar-refractivity contribution < 1.29 is 0 Å². The van der Waals surface area contributed by atoms with Crippen LogP contribution in [0.3, 0.4) is 0 Å². The van der Waals surface area contributed by atoms with Crippen LogP contribution in [0.15, 0.2) is 30.3 Å². The summed E-state index contributed by atoms with van der Waals surface area (Å²) in [4.78, 5) is 0. The van der Waals surface area contributed by atoms with Gasteiger partial charge in [-0.3, -0.25) is 0 Å². The van der Waals surface area contributed by atoms with Crippen molar-refractivity contribution in [3.8, 4) is 0 Å². The van der Waals surface area contributed by atoms with Crippen LogP contribution < -0.4 is 5.73 Å². The third kappa shape index (κ3) is 2.71. The van der Waals surface area contributed by atoms with Crippen LogP contribution in [-0.4, -0.2) is 6.54 Å². The Balaban J connectivity index is 2.91. The van der Waals surface area contributed by atoms with Crippen LogP contribution in [0.1, 0.15) is 30.9 Å². The highest BCUT2D eigenvalue weighted by Gasteiger charge is 2.01. The second kappa shape index (κ2) is 4.83. The molecule has 0 saturated carbocycles. The van der Waals surface area contributed by atoms with Crippen molar-refractivity contribution in [2.45, 2.75) is 19.8 Å². The van der Waals surface area contributed by atoms with Gasteiger partial charge in [-0.1, -0.05) is 43.3 Å². The van der Waals surface area contributed by atoms with Crippen LogP contribution in [0.4, 0.5) is 0 Å². The molecule has 1 heteroatoms. The standard InChI is InChI=1S/C12H17N/c1-3-5-11-6-4-7-12(8-11)10(2)9-13/h3-8,10H,9,13H2,1-2H3/b5-3-. The Morgan fingerprint density at radius 3 is 2.85 bits per heavy atom. The second-order valence-corrected chi connectivity index (χ2v) is 3.31. The summed E-state index contributed by atoms with van der Waals surface area (Å²) in [5.74, 6) is 0.449. The quantitative estimate of drug-likeness (QED) is 0.751. The van der Waals surface area contributed by atoms with Gasteiger partial charge in [-0.05, 0) is 30.5 Å². The fraction of sp³-hybridized carbons (Fsp3) is 0.333. The fourth-order valence-corrected chi connectivity index (χ4v) is 1.30. The van der Waals surface area contributed by atoms with E-state index >= 15 is 0 Å². The molecule has 0 aromatic heterocycles. The molecule has 0 aliphatic heterocycles. The van der Waals surface area contributed by atoms with Crippen LogP contribution in [-0.2, 0) is 0 Å². The lowest BCUT2D eigenvalue weighted by Crippen LogP contribution is -2.08. The third-order valence-corrected chi connectivity index (χ3v) is 2.19. The summed E-state index contributed by atoms with van der Waals surface area (Å²) in [5.41, 5.74) is 8.18. The summed E-state index contributed by atoms with van der Waals surface area (Å²) in [5, 5.41) is 0. The van der Waals surface area contributed by atoms with Gasteiger partial charge >= 0.3 is 0 Å². The molecule has 0 bridgehead atoms. The monoisotopic (exact) mass is 175 g/mol. The van der Waals surface area contributed by atoms with Gasteiger partial charge in [-0.15, -0.1) is 0 Å². The van der Waals surface area contributed by atoms with Gasteiger partial charge in [-0.2, -0.15) is 0 Å². The fourth-order valence-electron chi connectivity index (χ4n) is 1.30. The van der Waals surface area contributed by atoms with Gasteiger partial charge in [0.25, 0.3) is 0 Å². The first-order valence-electron chi connectivity index (χ1n) is 4.70. The van der Waals surface area contributed by atoms with E-state index in [-0.39, 0.29) is 0 Å². The zero-order chi connectivity index (χ0) is 9.68. The molecule has 0 spiro atoms. The van der Waals surface area contributed by atoms with Crippen LogP contribution >= 0.6 is 0 Å². The summed E-state index contributed by atoms with van der Waals surface area (Å²) >= 11 is 0. The van der Waals surface area contributed by atoms with Crippen molar-refractivity contribution in [3.05, 3.63) is 41.5 Å². The lowest BCUT2D eigenvalue weighted by molar-refractivity contribution is 0.774. The molecule has 1 unspecified atom stereocenters. The van der Waals surface area contributed by atoms with Crippen LogP contribution in [0.25, 0.3) is 6.08 Å². The zero-order valence-electron chi connectivity index (χ0n) is 8.33. The molecule has 1 aromatic rings. The smallest absolute Gasteiger partial charge is 0.00109 e. The van der Waals surface area contributed by atoms with Crippen molar-refractivity contribution >= 4 is 6.08 Å². The van der Waals surface area contributed by atoms with Gasteiger partial charge in [0.05, 0.1) is 0 Å². The topological polar surface area (TPSA) is 26.0 Å². The summed E-state index contributed by atoms with van der Waals surface area (Å²) < 4.78 is 0. The highest BCUT2D eigenvalue weighted by Crippen LogP contribution is 2.15. The molecular weight excluding hydrogens is 158 g/mol. The lowest BCUT2D eigenvalue weighted by atomic mass is 9.99. The molecule has 1 rings (SSSR count). The second-order valence-electron chi connectivity index (χ2n) is 3.31. The van der Waals surface area contributed by atoms with Crippen molar-refractivity contribution in [2.24, 2.45) is 5.73 Å². The Kier molecular flexibility index (Phi) is 3.71. The van der Waals surface area contributed by atoms with Crippen molar-refractivity contribution in [2.75, 3.05) is 6.54 Å². The number of allylic oxidation sites excluding steroid dienone is 1. The Morgan fingerprint density at radius 2 is 2.23 bits per heavy atom. The minimum absolute atomic E-state index is 0.449. The minimum Gasteiger partial charge on any atom is -0.330 e. The van der Waals surface area contributed by atoms with Gasteiger partial charge < -0.3 is 5.73 Å². The Morgan fingerprint density at radius 1 is 1.46 bits per heavy atom. The molecule has 13 heavy (non-hydrogen) atoms. The van der Waals surface area contributed by atoms with E-state index in [9.17, 15) is 0 Å². The van der Waals surface area contributed by atoms with Gasteiger partial charge in [0.2, 0.25) is 0 Å². The van der Waals surface area contributed by atoms with E-state index in [1.54, 1.807) is 0 Å². The SMILES string of the molecule is C/C=C\c1cccc(C(C)CN)c1. The van der Waals surface area contributed by atoms with Gasteiger partial charge in [0.15, 0.2) is 0 Å². The normalized spacial score (nSPS) is 13.5. The number of rotatable bonds is 3. The average Bonchev–Trinajstić information content (AvgIpc) is 2.18. The van der Waals surface area contributed by atoms with E-state index < -0.39 is 0 Å². The molecule has 0 heterocycles. The van der Waals surface area contributed by atoms with Crippen molar-refractivity contribution in [1.29, 1.82) is 0 Å². The largest absolute Gasteiger partial charge is 0.330 e. The average molecular weight is 175 g/mol. The molecule has 0 radical (unpaired) electrons. The molecule has 0 amide bonds. The van der Waals surface area contributed by atoms with Gasteiger partial charge in [0, 0.05) is 0 Å². The number of hydrogen-bond donors (Lipinski definition) is 1. The minimum atomic E-state index is 0.449. The van der Waals surface area contributed by atoms with E-state index in [1.807, 2.05) is 13.0 Å². The molecule has 1 aromatic carbocycles. The first-order valence-corrected chi connectivity index (χ1v) is 4.70. The molecule has 70 valence electrons. The van der Waals surface area contributed by atoms with E-state index in [2.05, 4.69) is 37.3 Å². The summed E-state index contributed by atoms with van der Waals surface area (Å²) in [6.07, 6.45) is 4.15. The first-order chi connectivity index (χ1) is 6.27. The molecule has 2 N–H and O–H groups in total. The predicted octanol–water partition coefficient (Wildman–Crippen LogP) is 2.78. The molecule has 0 aliphatic carbocycles. The lowest BCUT2D eigenvalue weighted by Gasteiger charge is -2.08. The summed E-state index contributed by atoms with van der Waals surface area (Å²) in [7, 11) is 0. The van der Waals surface area contributed by atoms with Gasteiger partial charge in [0.1, 0.15) is 0 Å². The maximum Gasteiger partial charge on any atom is -0.00109 e. The van der Waals surface area contributed by atoms with E-state index in [1.165, 1.54) is 11.1 Å². The summed E-state index contributed by atoms with van der Waals surface area (Å²) in [6, 6.07) is 8.51. The Labute approximate surface area is 80.3 Å². The highest BCUT2D eigenvalue weighted by atomic mass is 14.5. The maximum absolute atomic E-state index is 5.61. The van der Waals surface area contributed by atoms with Crippen molar-refractivity contribution in [3.63, 3.8) is 0 Å². The molecule has 0 fully saturated rings. The molecular formula is C12H17N. The molecule has 0 saturated heterocycles. The van der Waals surface area contributed by atoms with Gasteiger partial charge in [-0.25, -0.2) is 0 Å². The molecule has 1 atom stereocenters. The van der Waals surface area contributed by atoms with E-state index in [4.69, 9.17) is 5.73 Å². The van der Waals surface area contributed by atoms with Crippen molar-refractivity contribution in [1.82, 2.24) is 0 Å². The van der Waals surface area contributed by atoms with E-state index in [0.717, 1.165) is 0 Å². The third-order valence-electron chi connectivity index (χ3n) is 2.19. The first kappa shape index (κ1) is 10.0. The Bertz CT molecular complexity index is 289. The zero-order valence-corrected chi connectivity index (χ0v) is 8.33. The van der Waals surface area contributed by atoms with Crippen LogP contribution in [0.5, 0.6) is 0 Å². The van der Waals surface area contributed by atoms with Crippen LogP contribution in [0, 0.1) is 0 Å². The molecule has 1 nitrogen and oxygen atoms in total. The highest BCUT2D eigenvalue weighted by molar-refractivity contribution is 5.50. The maximum atomic E-state index is 5.61. The number of benzene rings is 1. The Hall–Kier alpha value is -1.08. The number of hydrogen-bond acceptors (Lipinski definition) is 1.